The third-order valence-corrected chi connectivity index (χ3v) is 3.71. The third kappa shape index (κ3) is 4.33. The largest absolute Gasteiger partial charge is 0.489 e. The summed E-state index contributed by atoms with van der Waals surface area (Å²) in [6.07, 6.45) is 1.14. The van der Waals surface area contributed by atoms with E-state index in [1.165, 1.54) is 11.1 Å². The summed E-state index contributed by atoms with van der Waals surface area (Å²) >= 11 is 0. The predicted octanol–water partition coefficient (Wildman–Crippen LogP) is 4.37. The van der Waals surface area contributed by atoms with Crippen molar-refractivity contribution in [3.63, 3.8) is 0 Å². The highest BCUT2D eigenvalue weighted by Gasteiger charge is 2.19. The number of hydrogen-bond acceptors (Lipinski definition) is 2. The molecule has 0 aliphatic heterocycles. The maximum atomic E-state index is 6.08. The molecule has 0 heterocycles. The number of benzene rings is 2. The van der Waals surface area contributed by atoms with Crippen molar-refractivity contribution in [1.29, 1.82) is 0 Å². The lowest BCUT2D eigenvalue weighted by atomic mass is 10.00. The van der Waals surface area contributed by atoms with Gasteiger partial charge in [-0.3, -0.25) is 0 Å². The Morgan fingerprint density at radius 3 is 2.19 bits per heavy atom. The van der Waals surface area contributed by atoms with E-state index in [1.54, 1.807) is 0 Å². The molecule has 1 N–H and O–H groups in total. The summed E-state index contributed by atoms with van der Waals surface area (Å²) in [7, 11) is 0. The highest BCUT2D eigenvalue weighted by molar-refractivity contribution is 5.27. The van der Waals surface area contributed by atoms with Crippen LogP contribution < -0.4 is 10.1 Å². The summed E-state index contributed by atoms with van der Waals surface area (Å²) in [6, 6.07) is 19.0. The fraction of sp³-hybridized carbons (Fsp3) is 0.368. The fourth-order valence-corrected chi connectivity index (χ4v) is 2.52. The Morgan fingerprint density at radius 1 is 0.952 bits per heavy atom. The van der Waals surface area contributed by atoms with E-state index in [0.717, 1.165) is 18.7 Å². The first-order chi connectivity index (χ1) is 10.2. The zero-order chi connectivity index (χ0) is 15.1. The van der Waals surface area contributed by atoms with Gasteiger partial charge in [0.2, 0.25) is 0 Å². The Balaban J connectivity index is 2.13. The molecule has 2 atom stereocenters. The Labute approximate surface area is 128 Å². The van der Waals surface area contributed by atoms with E-state index in [9.17, 15) is 0 Å². The van der Waals surface area contributed by atoms with Crippen LogP contribution in [0.1, 0.15) is 37.9 Å². The Kier molecular flexibility index (Phi) is 5.82. The molecule has 0 radical (unpaired) electrons. The molecule has 112 valence electrons. The van der Waals surface area contributed by atoms with Crippen molar-refractivity contribution in [3.05, 3.63) is 65.7 Å². The zero-order valence-corrected chi connectivity index (χ0v) is 13.2. The molecule has 0 saturated heterocycles. The molecule has 2 heteroatoms. The van der Waals surface area contributed by atoms with E-state index in [-0.39, 0.29) is 12.1 Å². The molecule has 0 aromatic heterocycles. The highest BCUT2D eigenvalue weighted by Crippen LogP contribution is 2.22. The van der Waals surface area contributed by atoms with Crippen LogP contribution >= 0.6 is 0 Å². The number of rotatable bonds is 7. The van der Waals surface area contributed by atoms with Gasteiger partial charge < -0.3 is 10.1 Å². The fourth-order valence-electron chi connectivity index (χ4n) is 2.52. The molecule has 0 aliphatic rings. The minimum Gasteiger partial charge on any atom is -0.489 e. The third-order valence-electron chi connectivity index (χ3n) is 3.71. The van der Waals surface area contributed by atoms with Crippen molar-refractivity contribution >= 4 is 0 Å². The molecule has 2 nitrogen and oxygen atoms in total. The lowest BCUT2D eigenvalue weighted by Gasteiger charge is -2.26. The quantitative estimate of drug-likeness (QED) is 0.815. The van der Waals surface area contributed by atoms with Gasteiger partial charge in [0, 0.05) is 0 Å². The zero-order valence-electron chi connectivity index (χ0n) is 13.2. The lowest BCUT2D eigenvalue weighted by Crippen LogP contribution is -2.33. The number of para-hydroxylation sites is 1. The highest BCUT2D eigenvalue weighted by atomic mass is 16.5. The molecule has 0 aliphatic carbocycles. The van der Waals surface area contributed by atoms with Crippen LogP contribution in [0.4, 0.5) is 0 Å². The standard InChI is InChI=1S/C19H25NO/c1-4-16-11-13-17(14-12-16)19(20-5-2)15(3)21-18-9-7-6-8-10-18/h6-15,19-20H,4-5H2,1-3H3. The van der Waals surface area contributed by atoms with E-state index >= 15 is 0 Å². The van der Waals surface area contributed by atoms with E-state index in [2.05, 4.69) is 50.4 Å². The summed E-state index contributed by atoms with van der Waals surface area (Å²) in [6.45, 7) is 7.34. The van der Waals surface area contributed by atoms with Crippen molar-refractivity contribution < 1.29 is 4.74 Å². The molecule has 0 spiro atoms. The minimum absolute atomic E-state index is 0.0693. The first-order valence-electron chi connectivity index (χ1n) is 7.78. The minimum atomic E-state index is 0.0693. The summed E-state index contributed by atoms with van der Waals surface area (Å²) in [5, 5.41) is 3.53. The number of hydrogen-bond donors (Lipinski definition) is 1. The summed E-state index contributed by atoms with van der Waals surface area (Å²) in [4.78, 5) is 0. The molecule has 0 saturated carbocycles. The van der Waals surface area contributed by atoms with Crippen LogP contribution in [0.2, 0.25) is 0 Å². The van der Waals surface area contributed by atoms with Gasteiger partial charge in [0.25, 0.3) is 0 Å². The first-order valence-corrected chi connectivity index (χ1v) is 7.78. The molecule has 21 heavy (non-hydrogen) atoms. The van der Waals surface area contributed by atoms with Crippen molar-refractivity contribution in [2.75, 3.05) is 6.54 Å². The van der Waals surface area contributed by atoms with Crippen LogP contribution in [0.5, 0.6) is 5.75 Å². The molecule has 2 aromatic rings. The maximum Gasteiger partial charge on any atom is 0.119 e. The van der Waals surface area contributed by atoms with Crippen LogP contribution in [0.25, 0.3) is 0 Å². The molecular weight excluding hydrogens is 258 g/mol. The van der Waals surface area contributed by atoms with E-state index < -0.39 is 0 Å². The van der Waals surface area contributed by atoms with Crippen molar-refractivity contribution in [2.45, 2.75) is 39.3 Å². The van der Waals surface area contributed by atoms with Gasteiger partial charge in [0.15, 0.2) is 0 Å². The van der Waals surface area contributed by atoms with Crippen LogP contribution in [0.15, 0.2) is 54.6 Å². The van der Waals surface area contributed by atoms with Gasteiger partial charge in [-0.05, 0) is 43.1 Å². The van der Waals surface area contributed by atoms with E-state index in [0.29, 0.717) is 0 Å². The van der Waals surface area contributed by atoms with Crippen molar-refractivity contribution in [2.24, 2.45) is 0 Å². The molecule has 0 amide bonds. The van der Waals surface area contributed by atoms with Gasteiger partial charge in [-0.2, -0.15) is 0 Å². The number of ether oxygens (including phenoxy) is 1. The molecule has 2 aromatic carbocycles. The second-order valence-electron chi connectivity index (χ2n) is 5.27. The van der Waals surface area contributed by atoms with Crippen molar-refractivity contribution in [3.8, 4) is 5.75 Å². The topological polar surface area (TPSA) is 21.3 Å². The second-order valence-corrected chi connectivity index (χ2v) is 5.27. The van der Waals surface area contributed by atoms with E-state index in [1.807, 2.05) is 30.3 Å². The Hall–Kier alpha value is -1.80. The van der Waals surface area contributed by atoms with Crippen LogP contribution in [0, 0.1) is 0 Å². The molecule has 2 rings (SSSR count). The van der Waals surface area contributed by atoms with Crippen LogP contribution in [-0.2, 0) is 6.42 Å². The monoisotopic (exact) mass is 283 g/mol. The summed E-state index contributed by atoms with van der Waals surface area (Å²) in [5.41, 5.74) is 2.64. The lowest BCUT2D eigenvalue weighted by molar-refractivity contribution is 0.171. The molecular formula is C19H25NO. The van der Waals surface area contributed by atoms with Crippen molar-refractivity contribution in [1.82, 2.24) is 5.32 Å². The Bertz CT molecular complexity index is 521. The molecule has 0 bridgehead atoms. The Morgan fingerprint density at radius 2 is 1.62 bits per heavy atom. The van der Waals surface area contributed by atoms with Gasteiger partial charge in [-0.25, -0.2) is 0 Å². The van der Waals surface area contributed by atoms with E-state index in [4.69, 9.17) is 4.74 Å². The first kappa shape index (κ1) is 15.6. The molecule has 0 fully saturated rings. The smallest absolute Gasteiger partial charge is 0.119 e. The van der Waals surface area contributed by atoms with Crippen LogP contribution in [0.3, 0.4) is 0 Å². The second kappa shape index (κ2) is 7.84. The summed E-state index contributed by atoms with van der Waals surface area (Å²) in [5.74, 6) is 0.915. The number of aryl methyl sites for hydroxylation is 1. The van der Waals surface area contributed by atoms with Gasteiger partial charge in [-0.15, -0.1) is 0 Å². The number of nitrogens with one attached hydrogen (secondary N) is 1. The summed E-state index contributed by atoms with van der Waals surface area (Å²) < 4.78 is 6.08. The predicted molar refractivity (Wildman–Crippen MR) is 88.8 cm³/mol. The van der Waals surface area contributed by atoms with Gasteiger partial charge in [-0.1, -0.05) is 56.3 Å². The average molecular weight is 283 g/mol. The number of likely N-dealkylation sites (N-methyl/N-ethyl adjacent to an activating group) is 1. The average Bonchev–Trinajstić information content (AvgIpc) is 2.53. The van der Waals surface area contributed by atoms with Gasteiger partial charge in [0.1, 0.15) is 11.9 Å². The normalized spacial score (nSPS) is 13.7. The van der Waals surface area contributed by atoms with Crippen LogP contribution in [-0.4, -0.2) is 12.6 Å². The van der Waals surface area contributed by atoms with Gasteiger partial charge >= 0.3 is 0 Å². The van der Waals surface area contributed by atoms with Gasteiger partial charge in [0.05, 0.1) is 6.04 Å². The molecule has 2 unspecified atom stereocenters. The maximum absolute atomic E-state index is 6.08. The SMILES string of the molecule is CCNC(c1ccc(CC)cc1)C(C)Oc1ccccc1.